The fraction of sp³-hybridized carbons (Fsp3) is 0.367. The van der Waals surface area contributed by atoms with Gasteiger partial charge in [-0.25, -0.2) is 9.97 Å². The molecular formula is C30H34N8O3. The Labute approximate surface area is 238 Å². The molecular weight excluding hydrogens is 520 g/mol. The van der Waals surface area contributed by atoms with Gasteiger partial charge in [0.2, 0.25) is 5.91 Å². The van der Waals surface area contributed by atoms with E-state index in [1.54, 1.807) is 19.4 Å². The number of aromatic nitrogens is 4. The van der Waals surface area contributed by atoms with Crippen LogP contribution >= 0.6 is 0 Å². The molecule has 1 unspecified atom stereocenters. The molecule has 2 saturated heterocycles. The molecule has 2 fully saturated rings. The van der Waals surface area contributed by atoms with Gasteiger partial charge >= 0.3 is 0 Å². The van der Waals surface area contributed by atoms with Crippen LogP contribution in [0.25, 0.3) is 22.3 Å². The van der Waals surface area contributed by atoms with E-state index in [-0.39, 0.29) is 17.9 Å². The topological polar surface area (TPSA) is 128 Å². The third-order valence-corrected chi connectivity index (χ3v) is 7.55. The van der Waals surface area contributed by atoms with Crippen LogP contribution in [0.15, 0.2) is 55.0 Å². The van der Waals surface area contributed by atoms with E-state index in [2.05, 4.69) is 46.4 Å². The summed E-state index contributed by atoms with van der Waals surface area (Å²) in [4.78, 5) is 45.7. The van der Waals surface area contributed by atoms with Crippen LogP contribution in [-0.4, -0.2) is 82.1 Å². The van der Waals surface area contributed by atoms with Crippen molar-refractivity contribution in [3.8, 4) is 11.3 Å². The first-order valence-corrected chi connectivity index (χ1v) is 14.0. The van der Waals surface area contributed by atoms with Crippen molar-refractivity contribution in [2.24, 2.45) is 0 Å². The van der Waals surface area contributed by atoms with Gasteiger partial charge in [0.05, 0.1) is 18.6 Å². The van der Waals surface area contributed by atoms with E-state index in [4.69, 9.17) is 4.74 Å². The summed E-state index contributed by atoms with van der Waals surface area (Å²) >= 11 is 0. The molecule has 0 bridgehead atoms. The Morgan fingerprint density at radius 2 is 1.88 bits per heavy atom. The largest absolute Gasteiger partial charge is 0.378 e. The maximum absolute atomic E-state index is 13.0. The van der Waals surface area contributed by atoms with Crippen LogP contribution in [-0.2, 0) is 16.1 Å². The van der Waals surface area contributed by atoms with Crippen LogP contribution in [0.5, 0.6) is 0 Å². The van der Waals surface area contributed by atoms with E-state index in [1.807, 2.05) is 36.4 Å². The zero-order chi connectivity index (χ0) is 28.2. The normalized spacial score (nSPS) is 17.9. The van der Waals surface area contributed by atoms with Crippen LogP contribution in [0.3, 0.4) is 0 Å². The molecule has 5 heterocycles. The van der Waals surface area contributed by atoms with Crippen molar-refractivity contribution in [1.82, 2.24) is 30.2 Å². The number of anilines is 2. The summed E-state index contributed by atoms with van der Waals surface area (Å²) in [5, 5.41) is 6.96. The predicted octanol–water partition coefficient (Wildman–Crippen LogP) is 3.21. The number of carbonyl (C=O) groups is 2. The van der Waals surface area contributed by atoms with Gasteiger partial charge in [0.25, 0.3) is 5.91 Å². The summed E-state index contributed by atoms with van der Waals surface area (Å²) in [5.41, 5.74) is 4.77. The summed E-state index contributed by atoms with van der Waals surface area (Å²) in [7, 11) is 0. The minimum atomic E-state index is -0.259. The highest BCUT2D eigenvalue weighted by Crippen LogP contribution is 2.29. The SMILES string of the molecule is CC(=O)NC1CCCN(Cc2ccnc(C(=O)Nc3ccc(-c4cc5c(N6CCOCC6)ncnc5[nH]4)cc3)c2)C1. The molecule has 3 N–H and O–H groups in total. The first-order valence-electron chi connectivity index (χ1n) is 14.0. The van der Waals surface area contributed by atoms with E-state index in [1.165, 1.54) is 0 Å². The number of nitrogens with zero attached hydrogens (tertiary/aromatic N) is 5. The molecule has 0 radical (unpaired) electrons. The Morgan fingerprint density at radius 1 is 1.05 bits per heavy atom. The standard InChI is InChI=1S/C30H34N8O3/c1-20(39)34-24-3-2-10-37(18-24)17-21-8-9-31-27(15-21)30(40)35-23-6-4-22(5-7-23)26-16-25-28(36-26)32-19-33-29(25)38-11-13-41-14-12-38/h4-9,15-16,19,24H,2-3,10-14,17-18H2,1H3,(H,34,39)(H,35,40)(H,32,33,36). The molecule has 2 aliphatic rings. The van der Waals surface area contributed by atoms with Crippen molar-refractivity contribution >= 4 is 34.4 Å². The number of morpholine rings is 1. The predicted molar refractivity (Wildman–Crippen MR) is 157 cm³/mol. The minimum Gasteiger partial charge on any atom is -0.378 e. The van der Waals surface area contributed by atoms with Gasteiger partial charge in [0, 0.05) is 56.7 Å². The molecule has 1 atom stereocenters. The van der Waals surface area contributed by atoms with E-state index in [9.17, 15) is 9.59 Å². The fourth-order valence-electron chi connectivity index (χ4n) is 5.60. The Bertz CT molecular complexity index is 1530. The maximum Gasteiger partial charge on any atom is 0.274 e. The molecule has 0 spiro atoms. The highest BCUT2D eigenvalue weighted by Gasteiger charge is 2.21. The number of rotatable bonds is 7. The number of pyridine rings is 1. The van der Waals surface area contributed by atoms with Crippen LogP contribution in [0.2, 0.25) is 0 Å². The number of aromatic amines is 1. The number of likely N-dealkylation sites (tertiary alicyclic amines) is 1. The summed E-state index contributed by atoms with van der Waals surface area (Å²) in [5.74, 6) is 0.652. The number of amides is 2. The molecule has 0 aliphatic carbocycles. The van der Waals surface area contributed by atoms with Crippen molar-refractivity contribution in [1.29, 1.82) is 0 Å². The number of ether oxygens (including phenoxy) is 1. The van der Waals surface area contributed by atoms with E-state index >= 15 is 0 Å². The fourth-order valence-corrected chi connectivity index (χ4v) is 5.60. The molecule has 4 aromatic rings. The molecule has 11 heteroatoms. The monoisotopic (exact) mass is 554 g/mol. The van der Waals surface area contributed by atoms with Gasteiger partial charge in [-0.3, -0.25) is 19.5 Å². The summed E-state index contributed by atoms with van der Waals surface area (Å²) < 4.78 is 5.49. The van der Waals surface area contributed by atoms with Gasteiger partial charge in [0.15, 0.2) is 0 Å². The summed E-state index contributed by atoms with van der Waals surface area (Å²) in [6, 6.07) is 13.7. The van der Waals surface area contributed by atoms with Crippen LogP contribution < -0.4 is 15.5 Å². The first-order chi connectivity index (χ1) is 20.0. The van der Waals surface area contributed by atoms with Crippen molar-refractivity contribution in [2.45, 2.75) is 32.4 Å². The van der Waals surface area contributed by atoms with Crippen molar-refractivity contribution < 1.29 is 14.3 Å². The van der Waals surface area contributed by atoms with Crippen molar-refractivity contribution in [2.75, 3.05) is 49.6 Å². The van der Waals surface area contributed by atoms with Gasteiger partial charge in [-0.2, -0.15) is 0 Å². The highest BCUT2D eigenvalue weighted by atomic mass is 16.5. The number of fused-ring (bicyclic) bond motifs is 1. The lowest BCUT2D eigenvalue weighted by molar-refractivity contribution is -0.120. The van der Waals surface area contributed by atoms with Gasteiger partial charge in [-0.05, 0) is 60.8 Å². The molecule has 1 aromatic carbocycles. The zero-order valence-corrected chi connectivity index (χ0v) is 23.1. The Morgan fingerprint density at radius 3 is 2.68 bits per heavy atom. The second-order valence-electron chi connectivity index (χ2n) is 10.6. The van der Waals surface area contributed by atoms with Crippen LogP contribution in [0, 0.1) is 0 Å². The van der Waals surface area contributed by atoms with E-state index in [0.717, 1.165) is 72.7 Å². The third-order valence-electron chi connectivity index (χ3n) is 7.55. The number of piperidine rings is 1. The van der Waals surface area contributed by atoms with Gasteiger partial charge < -0.3 is 25.3 Å². The molecule has 6 rings (SSSR count). The quantitative estimate of drug-likeness (QED) is 0.318. The van der Waals surface area contributed by atoms with Gasteiger partial charge in [-0.15, -0.1) is 0 Å². The average Bonchev–Trinajstić information content (AvgIpc) is 3.43. The minimum absolute atomic E-state index is 0.00120. The van der Waals surface area contributed by atoms with Gasteiger partial charge in [-0.1, -0.05) is 12.1 Å². The number of hydrogen-bond acceptors (Lipinski definition) is 8. The molecule has 0 saturated carbocycles. The Balaban J connectivity index is 1.11. The number of nitrogens with one attached hydrogen (secondary N) is 3. The van der Waals surface area contributed by atoms with E-state index in [0.29, 0.717) is 31.1 Å². The van der Waals surface area contributed by atoms with E-state index < -0.39 is 0 Å². The lowest BCUT2D eigenvalue weighted by Crippen LogP contribution is -2.46. The Hall–Kier alpha value is -4.35. The maximum atomic E-state index is 13.0. The lowest BCUT2D eigenvalue weighted by Gasteiger charge is -2.33. The molecule has 41 heavy (non-hydrogen) atoms. The lowest BCUT2D eigenvalue weighted by atomic mass is 10.0. The molecule has 212 valence electrons. The number of H-pyrrole nitrogens is 1. The summed E-state index contributed by atoms with van der Waals surface area (Å²) in [6.45, 7) is 7.00. The zero-order valence-electron chi connectivity index (χ0n) is 23.1. The number of hydrogen-bond donors (Lipinski definition) is 3. The molecule has 2 amide bonds. The number of carbonyl (C=O) groups excluding carboxylic acids is 2. The second kappa shape index (κ2) is 12.0. The van der Waals surface area contributed by atoms with Crippen LogP contribution in [0.1, 0.15) is 35.8 Å². The van der Waals surface area contributed by atoms with Crippen molar-refractivity contribution in [3.63, 3.8) is 0 Å². The first kappa shape index (κ1) is 26.9. The highest BCUT2D eigenvalue weighted by molar-refractivity contribution is 6.03. The Kier molecular flexibility index (Phi) is 7.88. The molecule has 11 nitrogen and oxygen atoms in total. The third kappa shape index (κ3) is 6.36. The van der Waals surface area contributed by atoms with Gasteiger partial charge in [0.1, 0.15) is 23.5 Å². The average molecular weight is 555 g/mol. The van der Waals surface area contributed by atoms with Crippen molar-refractivity contribution in [3.05, 3.63) is 66.2 Å². The van der Waals surface area contributed by atoms with Crippen LogP contribution in [0.4, 0.5) is 11.5 Å². The molecule has 2 aliphatic heterocycles. The summed E-state index contributed by atoms with van der Waals surface area (Å²) in [6.07, 6.45) is 5.28. The number of benzene rings is 1. The molecule has 3 aromatic heterocycles. The smallest absolute Gasteiger partial charge is 0.274 e. The second-order valence-corrected chi connectivity index (χ2v) is 10.6.